The molecule has 3 rings (SSSR count). The molecule has 2 fully saturated rings. The van der Waals surface area contributed by atoms with Gasteiger partial charge in [0.1, 0.15) is 0 Å². The van der Waals surface area contributed by atoms with Gasteiger partial charge < -0.3 is 16.8 Å². The number of nitrogens with one attached hydrogen (secondary N) is 1. The molecule has 0 radical (unpaired) electrons. The van der Waals surface area contributed by atoms with Crippen molar-refractivity contribution in [3.8, 4) is 0 Å². The number of benzene rings is 1. The molecular weight excluding hydrogens is 290 g/mol. The first-order valence-corrected chi connectivity index (χ1v) is 8.43. The maximum absolute atomic E-state index is 12.7. The van der Waals surface area contributed by atoms with Gasteiger partial charge >= 0.3 is 0 Å². The second-order valence-corrected chi connectivity index (χ2v) is 7.05. The van der Waals surface area contributed by atoms with Crippen LogP contribution in [0.2, 0.25) is 0 Å². The molecule has 0 aromatic heterocycles. The van der Waals surface area contributed by atoms with E-state index in [-0.39, 0.29) is 17.9 Å². The molecule has 1 aromatic rings. The minimum Gasteiger partial charge on any atom is -0.366 e. The Bertz CT molecular complexity index is 615. The maximum Gasteiger partial charge on any atom is 0.251 e. The quantitative estimate of drug-likeness (QED) is 0.797. The molecule has 23 heavy (non-hydrogen) atoms. The Morgan fingerprint density at radius 1 is 1.17 bits per heavy atom. The summed E-state index contributed by atoms with van der Waals surface area (Å²) in [6.07, 6.45) is 5.17. The van der Waals surface area contributed by atoms with Gasteiger partial charge in [-0.1, -0.05) is 18.6 Å². The number of hydrogen-bond acceptors (Lipinski definition) is 3. The van der Waals surface area contributed by atoms with E-state index >= 15 is 0 Å². The van der Waals surface area contributed by atoms with E-state index in [0.29, 0.717) is 23.1 Å². The topological polar surface area (TPSA) is 98.2 Å². The first-order valence-electron chi connectivity index (χ1n) is 8.43. The Morgan fingerprint density at radius 3 is 2.43 bits per heavy atom. The van der Waals surface area contributed by atoms with Crippen LogP contribution in [0.15, 0.2) is 18.2 Å². The van der Waals surface area contributed by atoms with Gasteiger partial charge in [-0.3, -0.25) is 9.59 Å². The van der Waals surface area contributed by atoms with Crippen LogP contribution in [0, 0.1) is 24.7 Å². The van der Waals surface area contributed by atoms with Gasteiger partial charge in [0.05, 0.1) is 11.3 Å². The molecule has 2 aliphatic rings. The van der Waals surface area contributed by atoms with Crippen molar-refractivity contribution in [3.63, 3.8) is 0 Å². The second-order valence-electron chi connectivity index (χ2n) is 7.05. The van der Waals surface area contributed by atoms with Gasteiger partial charge in [0, 0.05) is 12.0 Å². The lowest BCUT2D eigenvalue weighted by Gasteiger charge is -2.43. The maximum atomic E-state index is 12.7. The largest absolute Gasteiger partial charge is 0.366 e. The third-order valence-corrected chi connectivity index (χ3v) is 5.56. The molecule has 2 atom stereocenters. The van der Waals surface area contributed by atoms with Crippen LogP contribution in [0.4, 0.5) is 5.69 Å². The summed E-state index contributed by atoms with van der Waals surface area (Å²) in [5, 5.41) is 2.93. The smallest absolute Gasteiger partial charge is 0.251 e. The molecule has 2 bridgehead atoms. The number of anilines is 1. The predicted octanol–water partition coefficient (Wildman–Crippen LogP) is 2.19. The van der Waals surface area contributed by atoms with Crippen LogP contribution in [0.25, 0.3) is 0 Å². The Kier molecular flexibility index (Phi) is 4.39. The van der Waals surface area contributed by atoms with Gasteiger partial charge in [-0.25, -0.2) is 0 Å². The number of carbonyl (C=O) groups excluding carboxylic acids is 2. The van der Waals surface area contributed by atoms with Crippen LogP contribution in [0.3, 0.4) is 0 Å². The van der Waals surface area contributed by atoms with E-state index in [2.05, 4.69) is 5.32 Å². The number of hydrogen-bond donors (Lipinski definition) is 3. The van der Waals surface area contributed by atoms with Crippen molar-refractivity contribution in [1.82, 2.24) is 0 Å². The van der Waals surface area contributed by atoms with Crippen molar-refractivity contribution in [2.45, 2.75) is 45.1 Å². The molecule has 2 amide bonds. The number of primary amides is 1. The van der Waals surface area contributed by atoms with E-state index in [1.165, 1.54) is 6.42 Å². The predicted molar refractivity (Wildman–Crippen MR) is 89.9 cm³/mol. The van der Waals surface area contributed by atoms with E-state index in [0.717, 1.165) is 31.2 Å². The van der Waals surface area contributed by atoms with E-state index in [4.69, 9.17) is 11.5 Å². The highest BCUT2D eigenvalue weighted by atomic mass is 16.2. The molecular formula is C18H25N3O2. The molecule has 5 heteroatoms. The summed E-state index contributed by atoms with van der Waals surface area (Å²) in [6, 6.07) is 5.62. The molecule has 0 heterocycles. The number of rotatable bonds is 3. The molecule has 124 valence electrons. The van der Waals surface area contributed by atoms with Crippen LogP contribution >= 0.6 is 0 Å². The van der Waals surface area contributed by atoms with Crippen molar-refractivity contribution in [2.24, 2.45) is 29.2 Å². The molecule has 5 N–H and O–H groups in total. The zero-order valence-electron chi connectivity index (χ0n) is 13.5. The first kappa shape index (κ1) is 16.0. The molecule has 2 saturated carbocycles. The summed E-state index contributed by atoms with van der Waals surface area (Å²) in [5.41, 5.74) is 13.4. The summed E-state index contributed by atoms with van der Waals surface area (Å²) in [7, 11) is 0. The zero-order valence-corrected chi connectivity index (χ0v) is 13.5. The lowest BCUT2D eigenvalue weighted by molar-refractivity contribution is -0.122. The number of amides is 2. The van der Waals surface area contributed by atoms with Crippen molar-refractivity contribution in [3.05, 3.63) is 29.3 Å². The molecule has 2 unspecified atom stereocenters. The minimum atomic E-state index is -0.513. The van der Waals surface area contributed by atoms with Crippen molar-refractivity contribution < 1.29 is 9.59 Å². The Hall–Kier alpha value is -1.88. The third kappa shape index (κ3) is 3.11. The fourth-order valence-electron chi connectivity index (χ4n) is 4.34. The molecule has 0 aliphatic heterocycles. The third-order valence-electron chi connectivity index (χ3n) is 5.56. The second kappa shape index (κ2) is 6.32. The highest BCUT2D eigenvalue weighted by Crippen LogP contribution is 2.42. The lowest BCUT2D eigenvalue weighted by Crippen LogP contribution is -2.48. The molecule has 5 nitrogen and oxygen atoms in total. The summed E-state index contributed by atoms with van der Waals surface area (Å²) in [5.74, 6) is 0.354. The lowest BCUT2D eigenvalue weighted by atomic mass is 9.65. The van der Waals surface area contributed by atoms with Gasteiger partial charge in [0.15, 0.2) is 0 Å². The van der Waals surface area contributed by atoms with E-state index < -0.39 is 5.91 Å². The Morgan fingerprint density at radius 2 is 1.83 bits per heavy atom. The SMILES string of the molecule is Cc1cccc(NC(=O)C2CC3CCCC(C2)C3N)c1C(N)=O. The van der Waals surface area contributed by atoms with Crippen LogP contribution in [-0.4, -0.2) is 17.9 Å². The van der Waals surface area contributed by atoms with Gasteiger partial charge in [0.2, 0.25) is 5.91 Å². The van der Waals surface area contributed by atoms with Gasteiger partial charge in [-0.05, 0) is 56.1 Å². The summed E-state index contributed by atoms with van der Waals surface area (Å²) >= 11 is 0. The highest BCUT2D eigenvalue weighted by molar-refractivity contribution is 6.04. The average molecular weight is 315 g/mol. The van der Waals surface area contributed by atoms with Crippen molar-refractivity contribution in [2.75, 3.05) is 5.32 Å². The minimum absolute atomic E-state index is 0.0121. The molecule has 0 spiro atoms. The first-order chi connectivity index (χ1) is 11.0. The molecule has 2 aliphatic carbocycles. The summed E-state index contributed by atoms with van der Waals surface area (Å²) in [6.45, 7) is 1.82. The monoisotopic (exact) mass is 315 g/mol. The number of fused-ring (bicyclic) bond motifs is 2. The summed E-state index contributed by atoms with van der Waals surface area (Å²) < 4.78 is 0. The average Bonchev–Trinajstić information content (AvgIpc) is 2.46. The van der Waals surface area contributed by atoms with Gasteiger partial charge in [0.25, 0.3) is 5.91 Å². The Balaban J connectivity index is 1.75. The highest BCUT2D eigenvalue weighted by Gasteiger charge is 2.40. The standard InChI is InChI=1S/C18H25N3O2/c1-10-4-2-7-14(15(10)17(20)22)21-18(23)13-8-11-5-3-6-12(9-13)16(11)19/h2,4,7,11-13,16H,3,5-6,8-9,19H2,1H3,(H2,20,22)(H,21,23). The fraction of sp³-hybridized carbons (Fsp3) is 0.556. The molecule has 1 aromatic carbocycles. The number of aryl methyl sites for hydroxylation is 1. The van der Waals surface area contributed by atoms with Crippen LogP contribution < -0.4 is 16.8 Å². The summed E-state index contributed by atoms with van der Waals surface area (Å²) in [4.78, 5) is 24.3. The fourth-order valence-corrected chi connectivity index (χ4v) is 4.34. The Labute approximate surface area is 136 Å². The van der Waals surface area contributed by atoms with Crippen molar-refractivity contribution >= 4 is 17.5 Å². The van der Waals surface area contributed by atoms with Crippen LogP contribution in [0.1, 0.15) is 48.0 Å². The zero-order chi connectivity index (χ0) is 16.6. The van der Waals surface area contributed by atoms with E-state index in [9.17, 15) is 9.59 Å². The van der Waals surface area contributed by atoms with E-state index in [1.54, 1.807) is 6.07 Å². The van der Waals surface area contributed by atoms with Gasteiger partial charge in [-0.15, -0.1) is 0 Å². The molecule has 0 saturated heterocycles. The van der Waals surface area contributed by atoms with Crippen LogP contribution in [-0.2, 0) is 4.79 Å². The number of nitrogens with two attached hydrogens (primary N) is 2. The normalized spacial score (nSPS) is 29.8. The van der Waals surface area contributed by atoms with Gasteiger partial charge in [-0.2, -0.15) is 0 Å². The number of carbonyl (C=O) groups is 2. The van der Waals surface area contributed by atoms with Crippen molar-refractivity contribution in [1.29, 1.82) is 0 Å². The van der Waals surface area contributed by atoms with E-state index in [1.807, 2.05) is 19.1 Å². The van der Waals surface area contributed by atoms with Crippen LogP contribution in [0.5, 0.6) is 0 Å².